The van der Waals surface area contributed by atoms with E-state index >= 15 is 0 Å². The van der Waals surface area contributed by atoms with E-state index in [0.717, 1.165) is 11.1 Å². The van der Waals surface area contributed by atoms with Crippen LogP contribution in [0.25, 0.3) is 11.1 Å². The molecule has 0 atom stereocenters. The number of hydrogen-bond acceptors (Lipinski definition) is 2. The van der Waals surface area contributed by atoms with Crippen LogP contribution >= 0.6 is 23.2 Å². The second kappa shape index (κ2) is 7.08. The SMILES string of the molecule is Cc1ccc(-c2ccc(OC(=O)c3ccc(Cl)cc3Cl)cc2)cc1. The first-order valence-electron chi connectivity index (χ1n) is 7.37. The molecule has 0 aromatic heterocycles. The maximum absolute atomic E-state index is 12.2. The second-order valence-electron chi connectivity index (χ2n) is 5.40. The van der Waals surface area contributed by atoms with Crippen LogP contribution in [0.4, 0.5) is 0 Å². The topological polar surface area (TPSA) is 26.3 Å². The summed E-state index contributed by atoms with van der Waals surface area (Å²) in [6.45, 7) is 2.05. The van der Waals surface area contributed by atoms with Gasteiger partial charge in [0.2, 0.25) is 0 Å². The van der Waals surface area contributed by atoms with Gasteiger partial charge in [-0.25, -0.2) is 4.79 Å². The summed E-state index contributed by atoms with van der Waals surface area (Å²) in [5.41, 5.74) is 3.66. The lowest BCUT2D eigenvalue weighted by Gasteiger charge is -2.07. The average molecular weight is 357 g/mol. The van der Waals surface area contributed by atoms with Crippen LogP contribution in [0.1, 0.15) is 15.9 Å². The lowest BCUT2D eigenvalue weighted by atomic mass is 10.0. The van der Waals surface area contributed by atoms with Crippen LogP contribution in [0.5, 0.6) is 5.75 Å². The van der Waals surface area contributed by atoms with Gasteiger partial charge in [0.1, 0.15) is 5.75 Å². The molecule has 0 bridgehead atoms. The van der Waals surface area contributed by atoms with Gasteiger partial charge in [0.15, 0.2) is 0 Å². The van der Waals surface area contributed by atoms with E-state index < -0.39 is 5.97 Å². The van der Waals surface area contributed by atoms with Gasteiger partial charge in [-0.1, -0.05) is 65.2 Å². The number of halogens is 2. The van der Waals surface area contributed by atoms with Crippen molar-refractivity contribution < 1.29 is 9.53 Å². The van der Waals surface area contributed by atoms with Gasteiger partial charge in [-0.3, -0.25) is 0 Å². The van der Waals surface area contributed by atoms with Gasteiger partial charge in [0.25, 0.3) is 0 Å². The van der Waals surface area contributed by atoms with Crippen molar-refractivity contribution in [2.45, 2.75) is 6.92 Å². The first-order valence-corrected chi connectivity index (χ1v) is 8.13. The van der Waals surface area contributed by atoms with E-state index in [1.54, 1.807) is 24.3 Å². The molecule has 0 heterocycles. The molecular weight excluding hydrogens is 343 g/mol. The Balaban J connectivity index is 1.76. The number of aryl methyl sites for hydroxylation is 1. The van der Waals surface area contributed by atoms with Gasteiger partial charge >= 0.3 is 5.97 Å². The van der Waals surface area contributed by atoms with Crippen LogP contribution in [-0.4, -0.2) is 5.97 Å². The monoisotopic (exact) mass is 356 g/mol. The van der Waals surface area contributed by atoms with Crippen LogP contribution in [0, 0.1) is 6.92 Å². The summed E-state index contributed by atoms with van der Waals surface area (Å²) in [6.07, 6.45) is 0. The van der Waals surface area contributed by atoms with Crippen LogP contribution in [-0.2, 0) is 0 Å². The molecule has 4 heteroatoms. The summed E-state index contributed by atoms with van der Waals surface area (Å²) in [4.78, 5) is 12.2. The van der Waals surface area contributed by atoms with Gasteiger partial charge in [-0.05, 0) is 48.4 Å². The van der Waals surface area contributed by atoms with Crippen molar-refractivity contribution in [1.82, 2.24) is 0 Å². The molecule has 3 aromatic rings. The molecule has 0 saturated carbocycles. The highest BCUT2D eigenvalue weighted by Gasteiger charge is 2.13. The highest BCUT2D eigenvalue weighted by atomic mass is 35.5. The fourth-order valence-electron chi connectivity index (χ4n) is 2.28. The Hall–Kier alpha value is -2.29. The normalized spacial score (nSPS) is 10.5. The smallest absolute Gasteiger partial charge is 0.345 e. The van der Waals surface area contributed by atoms with Crippen LogP contribution in [0.15, 0.2) is 66.7 Å². The Kier molecular flexibility index (Phi) is 4.89. The second-order valence-corrected chi connectivity index (χ2v) is 6.25. The third-order valence-corrected chi connectivity index (χ3v) is 4.15. The third kappa shape index (κ3) is 3.78. The molecule has 0 N–H and O–H groups in total. The number of carbonyl (C=O) groups is 1. The first kappa shape index (κ1) is 16.6. The number of esters is 1. The van der Waals surface area contributed by atoms with Crippen molar-refractivity contribution in [2.24, 2.45) is 0 Å². The lowest BCUT2D eigenvalue weighted by Crippen LogP contribution is -2.09. The van der Waals surface area contributed by atoms with E-state index in [-0.39, 0.29) is 10.6 Å². The van der Waals surface area contributed by atoms with Crippen molar-refractivity contribution in [3.63, 3.8) is 0 Å². The number of benzene rings is 3. The van der Waals surface area contributed by atoms with Gasteiger partial charge in [-0.15, -0.1) is 0 Å². The zero-order valence-electron chi connectivity index (χ0n) is 12.9. The molecule has 3 rings (SSSR count). The summed E-state index contributed by atoms with van der Waals surface area (Å²) in [5, 5.41) is 0.739. The summed E-state index contributed by atoms with van der Waals surface area (Å²) in [6, 6.07) is 20.3. The van der Waals surface area contributed by atoms with Gasteiger partial charge in [0, 0.05) is 5.02 Å². The standard InChI is InChI=1S/C20H14Cl2O2/c1-13-2-4-14(5-3-13)15-6-9-17(10-7-15)24-20(23)18-11-8-16(21)12-19(18)22/h2-12H,1H3. The molecule has 3 aromatic carbocycles. The Bertz CT molecular complexity index is 869. The van der Waals surface area contributed by atoms with E-state index in [4.69, 9.17) is 27.9 Å². The highest BCUT2D eigenvalue weighted by Crippen LogP contribution is 2.25. The van der Waals surface area contributed by atoms with Crippen molar-refractivity contribution in [3.8, 4) is 16.9 Å². The van der Waals surface area contributed by atoms with Crippen LogP contribution < -0.4 is 4.74 Å². The quantitative estimate of drug-likeness (QED) is 0.413. The summed E-state index contributed by atoms with van der Waals surface area (Å²) < 4.78 is 5.36. The largest absolute Gasteiger partial charge is 0.423 e. The lowest BCUT2D eigenvalue weighted by molar-refractivity contribution is 0.0735. The summed E-state index contributed by atoms with van der Waals surface area (Å²) >= 11 is 11.9. The summed E-state index contributed by atoms with van der Waals surface area (Å²) in [5.74, 6) is -0.0540. The Morgan fingerprint density at radius 3 is 2.00 bits per heavy atom. The molecule has 120 valence electrons. The van der Waals surface area contributed by atoms with Crippen molar-refractivity contribution in [2.75, 3.05) is 0 Å². The Morgan fingerprint density at radius 1 is 0.833 bits per heavy atom. The van der Waals surface area contributed by atoms with Crippen molar-refractivity contribution in [3.05, 3.63) is 87.9 Å². The molecule has 0 aliphatic heterocycles. The molecule has 2 nitrogen and oxygen atoms in total. The van der Waals surface area contributed by atoms with E-state index in [0.29, 0.717) is 10.8 Å². The predicted molar refractivity (Wildman–Crippen MR) is 98.0 cm³/mol. The molecule has 0 saturated heterocycles. The third-order valence-electron chi connectivity index (χ3n) is 3.60. The maximum Gasteiger partial charge on any atom is 0.345 e. The minimum absolute atomic E-state index is 0.267. The van der Waals surface area contributed by atoms with Crippen molar-refractivity contribution in [1.29, 1.82) is 0 Å². The minimum Gasteiger partial charge on any atom is -0.423 e. The molecule has 0 unspecified atom stereocenters. The Labute approximate surface area is 150 Å². The van der Waals surface area contributed by atoms with E-state index in [1.165, 1.54) is 11.6 Å². The molecule has 24 heavy (non-hydrogen) atoms. The van der Waals surface area contributed by atoms with Gasteiger partial charge in [-0.2, -0.15) is 0 Å². The number of carbonyl (C=O) groups excluding carboxylic acids is 1. The van der Waals surface area contributed by atoms with Gasteiger partial charge < -0.3 is 4.74 Å². The van der Waals surface area contributed by atoms with E-state index in [1.807, 2.05) is 19.1 Å². The van der Waals surface area contributed by atoms with Crippen molar-refractivity contribution >= 4 is 29.2 Å². The molecule has 0 aliphatic rings. The molecular formula is C20H14Cl2O2. The summed E-state index contributed by atoms with van der Waals surface area (Å²) in [7, 11) is 0. The molecule has 0 amide bonds. The fraction of sp³-hybridized carbons (Fsp3) is 0.0500. The number of ether oxygens (including phenoxy) is 1. The minimum atomic E-state index is -0.514. The first-order chi connectivity index (χ1) is 11.5. The number of hydrogen-bond donors (Lipinski definition) is 0. The van der Waals surface area contributed by atoms with Gasteiger partial charge in [0.05, 0.1) is 10.6 Å². The molecule has 0 radical (unpaired) electrons. The molecule has 0 spiro atoms. The fourth-order valence-corrected chi connectivity index (χ4v) is 2.76. The molecule has 0 fully saturated rings. The zero-order chi connectivity index (χ0) is 17.1. The average Bonchev–Trinajstić information content (AvgIpc) is 2.56. The zero-order valence-corrected chi connectivity index (χ0v) is 14.4. The molecule has 0 aliphatic carbocycles. The number of rotatable bonds is 3. The van der Waals surface area contributed by atoms with E-state index in [2.05, 4.69) is 24.3 Å². The van der Waals surface area contributed by atoms with E-state index in [9.17, 15) is 4.79 Å². The van der Waals surface area contributed by atoms with Crippen LogP contribution in [0.3, 0.4) is 0 Å². The van der Waals surface area contributed by atoms with Crippen LogP contribution in [0.2, 0.25) is 10.0 Å². The Morgan fingerprint density at radius 2 is 1.42 bits per heavy atom. The maximum atomic E-state index is 12.2. The highest BCUT2D eigenvalue weighted by molar-refractivity contribution is 6.36. The predicted octanol–water partition coefficient (Wildman–Crippen LogP) is 6.19.